The smallest absolute Gasteiger partial charge is 0.312 e. The maximum absolute atomic E-state index is 12.4. The zero-order valence-corrected chi connectivity index (χ0v) is 14.4. The Labute approximate surface area is 143 Å². The van der Waals surface area contributed by atoms with Crippen LogP contribution in [0.3, 0.4) is 0 Å². The predicted molar refractivity (Wildman–Crippen MR) is 90.1 cm³/mol. The van der Waals surface area contributed by atoms with Gasteiger partial charge in [-0.15, -0.1) is 0 Å². The van der Waals surface area contributed by atoms with Crippen LogP contribution in [0.4, 0.5) is 0 Å². The first-order valence-electron chi connectivity index (χ1n) is 8.94. The summed E-state index contributed by atoms with van der Waals surface area (Å²) in [6, 6.07) is 9.72. The maximum atomic E-state index is 12.4. The quantitative estimate of drug-likeness (QED) is 0.739. The highest BCUT2D eigenvalue weighted by molar-refractivity contribution is 5.78. The average Bonchev–Trinajstić information content (AvgIpc) is 2.85. The number of benzene rings is 1. The fourth-order valence-electron chi connectivity index (χ4n) is 4.52. The molecule has 0 saturated heterocycles. The fraction of sp³-hybridized carbons (Fsp3) is 0.600. The third-order valence-electron chi connectivity index (χ3n) is 5.68. The number of hydrogen-bond acceptors (Lipinski definition) is 4. The van der Waals surface area contributed by atoms with Gasteiger partial charge in [0.25, 0.3) is 0 Å². The summed E-state index contributed by atoms with van der Waals surface area (Å²) < 4.78 is 10.8. The van der Waals surface area contributed by atoms with Crippen LogP contribution in [0.5, 0.6) is 0 Å². The molecule has 24 heavy (non-hydrogen) atoms. The molecule has 2 saturated carbocycles. The van der Waals surface area contributed by atoms with Gasteiger partial charge in [0, 0.05) is 0 Å². The van der Waals surface area contributed by atoms with Gasteiger partial charge in [0.1, 0.15) is 6.61 Å². The minimum absolute atomic E-state index is 0.0655. The second-order valence-corrected chi connectivity index (χ2v) is 7.35. The predicted octanol–water partition coefficient (Wildman–Crippen LogP) is 4.02. The summed E-state index contributed by atoms with van der Waals surface area (Å²) in [6.07, 6.45) is 5.86. The molecule has 0 aliphatic heterocycles. The van der Waals surface area contributed by atoms with Gasteiger partial charge in [-0.25, -0.2) is 0 Å². The summed E-state index contributed by atoms with van der Waals surface area (Å²) in [4.78, 5) is 24.7. The van der Waals surface area contributed by atoms with Crippen molar-refractivity contribution in [1.29, 1.82) is 0 Å². The zero-order valence-electron chi connectivity index (χ0n) is 14.4. The first kappa shape index (κ1) is 17.0. The Bertz CT molecular complexity index is 597. The second kappa shape index (κ2) is 6.96. The number of fused-ring (bicyclic) bond motifs is 2. The van der Waals surface area contributed by atoms with E-state index in [4.69, 9.17) is 9.47 Å². The fourth-order valence-corrected chi connectivity index (χ4v) is 4.52. The molecule has 4 heteroatoms. The molecule has 4 nitrogen and oxygen atoms in total. The maximum Gasteiger partial charge on any atom is 0.312 e. The zero-order chi connectivity index (χ0) is 17.0. The van der Waals surface area contributed by atoms with Gasteiger partial charge >= 0.3 is 11.9 Å². The second-order valence-electron chi connectivity index (χ2n) is 7.35. The monoisotopic (exact) mass is 330 g/mol. The van der Waals surface area contributed by atoms with Gasteiger partial charge < -0.3 is 9.47 Å². The highest BCUT2D eigenvalue weighted by atomic mass is 16.5. The van der Waals surface area contributed by atoms with Crippen LogP contribution in [-0.4, -0.2) is 18.5 Å². The summed E-state index contributed by atoms with van der Waals surface area (Å²) in [6.45, 7) is 2.59. The van der Waals surface area contributed by atoms with Crippen LogP contribution in [-0.2, 0) is 25.7 Å². The lowest BCUT2D eigenvalue weighted by Crippen LogP contribution is -2.36. The van der Waals surface area contributed by atoms with Crippen LogP contribution in [0.25, 0.3) is 0 Å². The molecule has 0 spiro atoms. The minimum atomic E-state index is -0.353. The van der Waals surface area contributed by atoms with Crippen LogP contribution >= 0.6 is 0 Å². The Hall–Kier alpha value is -1.84. The molecule has 0 heterocycles. The molecule has 0 aromatic heterocycles. The Morgan fingerprint density at radius 2 is 1.83 bits per heavy atom. The van der Waals surface area contributed by atoms with Gasteiger partial charge in [-0.2, -0.15) is 0 Å². The summed E-state index contributed by atoms with van der Waals surface area (Å²) in [5, 5.41) is 0. The van der Waals surface area contributed by atoms with E-state index in [0.29, 0.717) is 19.6 Å². The van der Waals surface area contributed by atoms with Crippen molar-refractivity contribution in [2.45, 2.75) is 58.5 Å². The number of carbonyl (C=O) groups is 2. The largest absolute Gasteiger partial charge is 0.466 e. The molecule has 2 aliphatic carbocycles. The highest BCUT2D eigenvalue weighted by Crippen LogP contribution is 2.60. The Balaban J connectivity index is 1.58. The van der Waals surface area contributed by atoms with E-state index in [9.17, 15) is 9.59 Å². The molecule has 2 aliphatic rings. The van der Waals surface area contributed by atoms with Crippen molar-refractivity contribution in [1.82, 2.24) is 0 Å². The molecule has 3 rings (SSSR count). The summed E-state index contributed by atoms with van der Waals surface area (Å²) in [5.41, 5.74) is 0.575. The van der Waals surface area contributed by atoms with E-state index in [1.807, 2.05) is 37.3 Å². The van der Waals surface area contributed by atoms with Crippen molar-refractivity contribution in [2.75, 3.05) is 6.61 Å². The van der Waals surface area contributed by atoms with Crippen molar-refractivity contribution in [3.05, 3.63) is 35.9 Å². The van der Waals surface area contributed by atoms with E-state index >= 15 is 0 Å². The lowest BCUT2D eigenvalue weighted by Gasteiger charge is -2.37. The van der Waals surface area contributed by atoms with Crippen molar-refractivity contribution in [3.63, 3.8) is 0 Å². The number of carbonyl (C=O) groups excluding carboxylic acids is 2. The van der Waals surface area contributed by atoms with E-state index in [2.05, 4.69) is 0 Å². The van der Waals surface area contributed by atoms with Crippen molar-refractivity contribution >= 4 is 11.9 Å². The number of esters is 2. The van der Waals surface area contributed by atoms with E-state index in [-0.39, 0.29) is 22.8 Å². The molecule has 2 atom stereocenters. The minimum Gasteiger partial charge on any atom is -0.466 e. The Kier molecular flexibility index (Phi) is 4.93. The van der Waals surface area contributed by atoms with Gasteiger partial charge in [-0.1, -0.05) is 36.8 Å². The molecule has 2 fully saturated rings. The van der Waals surface area contributed by atoms with Crippen LogP contribution in [0.2, 0.25) is 0 Å². The van der Waals surface area contributed by atoms with Gasteiger partial charge in [-0.3, -0.25) is 9.59 Å². The normalized spacial score (nSPS) is 28.4. The van der Waals surface area contributed by atoms with E-state index < -0.39 is 0 Å². The average molecular weight is 330 g/mol. The molecule has 0 N–H and O–H groups in total. The molecule has 2 bridgehead atoms. The topological polar surface area (TPSA) is 52.6 Å². The molecule has 0 radical (unpaired) electrons. The van der Waals surface area contributed by atoms with Gasteiger partial charge in [-0.05, 0) is 50.0 Å². The highest BCUT2D eigenvalue weighted by Gasteiger charge is 2.56. The third-order valence-corrected chi connectivity index (χ3v) is 5.68. The Morgan fingerprint density at radius 1 is 1.04 bits per heavy atom. The lowest BCUT2D eigenvalue weighted by molar-refractivity contribution is -0.159. The van der Waals surface area contributed by atoms with Gasteiger partial charge in [0.05, 0.1) is 18.4 Å². The molecule has 130 valence electrons. The first-order chi connectivity index (χ1) is 11.6. The standard InChI is InChI=1S/C20H26O4/c1-2-23-18(22)20-10-6-9-19(15-20,11-12-20)13-17(21)24-14-16-7-4-3-5-8-16/h3-5,7-8H,2,6,9-15H2,1H3. The number of hydrogen-bond donors (Lipinski definition) is 0. The van der Waals surface area contributed by atoms with E-state index in [1.54, 1.807) is 0 Å². The Morgan fingerprint density at radius 3 is 2.58 bits per heavy atom. The molecule has 1 aromatic carbocycles. The van der Waals surface area contributed by atoms with Crippen molar-refractivity contribution < 1.29 is 19.1 Å². The van der Waals surface area contributed by atoms with Crippen molar-refractivity contribution in [2.24, 2.45) is 10.8 Å². The molecule has 1 aromatic rings. The van der Waals surface area contributed by atoms with Crippen LogP contribution in [0.15, 0.2) is 30.3 Å². The van der Waals surface area contributed by atoms with E-state index in [0.717, 1.165) is 44.1 Å². The molecular weight excluding hydrogens is 304 g/mol. The van der Waals surface area contributed by atoms with E-state index in [1.165, 1.54) is 0 Å². The van der Waals surface area contributed by atoms with Gasteiger partial charge in [0.15, 0.2) is 0 Å². The third kappa shape index (κ3) is 3.47. The SMILES string of the molecule is CCOC(=O)C12CCCC(CC(=O)OCc3ccccc3)(CC1)C2. The molecule has 0 amide bonds. The van der Waals surface area contributed by atoms with Crippen LogP contribution in [0.1, 0.15) is 57.4 Å². The molecule has 2 unspecified atom stereocenters. The summed E-state index contributed by atoms with van der Waals surface area (Å²) >= 11 is 0. The number of ether oxygens (including phenoxy) is 2. The lowest BCUT2D eigenvalue weighted by atomic mass is 9.67. The van der Waals surface area contributed by atoms with Crippen molar-refractivity contribution in [3.8, 4) is 0 Å². The summed E-state index contributed by atoms with van der Waals surface area (Å²) in [5.74, 6) is -0.218. The molecular formula is C20H26O4. The number of rotatable bonds is 6. The van der Waals surface area contributed by atoms with Crippen LogP contribution < -0.4 is 0 Å². The van der Waals surface area contributed by atoms with Gasteiger partial charge in [0.2, 0.25) is 0 Å². The first-order valence-corrected chi connectivity index (χ1v) is 8.94. The summed E-state index contributed by atoms with van der Waals surface area (Å²) in [7, 11) is 0. The van der Waals surface area contributed by atoms with Crippen LogP contribution in [0, 0.1) is 10.8 Å².